The van der Waals surface area contributed by atoms with Gasteiger partial charge in [-0.15, -0.1) is 0 Å². The fourth-order valence-corrected chi connectivity index (χ4v) is 2.64. The number of phenols is 1. The van der Waals surface area contributed by atoms with Gasteiger partial charge in [-0.05, 0) is 31.5 Å². The van der Waals surface area contributed by atoms with Gasteiger partial charge < -0.3 is 9.84 Å². The van der Waals surface area contributed by atoms with E-state index >= 15 is 0 Å². The van der Waals surface area contributed by atoms with Gasteiger partial charge in [0, 0.05) is 16.7 Å². The van der Waals surface area contributed by atoms with Gasteiger partial charge in [-0.2, -0.15) is 0 Å². The van der Waals surface area contributed by atoms with Crippen LogP contribution in [0.4, 0.5) is 0 Å². The van der Waals surface area contributed by atoms with Gasteiger partial charge in [0.05, 0.1) is 12.5 Å². The summed E-state index contributed by atoms with van der Waals surface area (Å²) in [5, 5.41) is 9.44. The van der Waals surface area contributed by atoms with Crippen molar-refractivity contribution in [2.24, 2.45) is 5.92 Å². The maximum Gasteiger partial charge on any atom is 0.193 e. The average Bonchev–Trinajstić information content (AvgIpc) is 2.35. The number of Topliss-reactive ketones (excluding diaryl/α,β-unsaturated/α-hetero) is 2. The van der Waals surface area contributed by atoms with Crippen LogP contribution in [0.15, 0.2) is 29.5 Å². The Morgan fingerprint density at radius 1 is 1.28 bits per heavy atom. The molecular formula is C14H12O4. The first-order valence-electron chi connectivity index (χ1n) is 5.85. The number of carbonyl (C=O) groups excluding carboxylic acids is 2. The third kappa shape index (κ3) is 1.38. The normalized spacial score (nSPS) is 22.4. The third-order valence-electron chi connectivity index (χ3n) is 3.53. The van der Waals surface area contributed by atoms with Crippen LogP contribution in [0.25, 0.3) is 0 Å². The van der Waals surface area contributed by atoms with E-state index in [4.69, 9.17) is 4.74 Å². The average molecular weight is 244 g/mol. The Balaban J connectivity index is 2.25. The predicted octanol–water partition coefficient (Wildman–Crippen LogP) is 2.08. The van der Waals surface area contributed by atoms with Crippen molar-refractivity contribution in [2.45, 2.75) is 13.3 Å². The summed E-state index contributed by atoms with van der Waals surface area (Å²) in [7, 11) is 0. The molecule has 0 amide bonds. The summed E-state index contributed by atoms with van der Waals surface area (Å²) >= 11 is 0. The van der Waals surface area contributed by atoms with Crippen LogP contribution in [0.5, 0.6) is 5.75 Å². The molecule has 1 unspecified atom stereocenters. The monoisotopic (exact) mass is 244 g/mol. The number of ketones is 2. The number of ether oxygens (including phenoxy) is 1. The van der Waals surface area contributed by atoms with Crippen LogP contribution in [-0.2, 0) is 4.74 Å². The van der Waals surface area contributed by atoms with E-state index in [1.807, 2.05) is 0 Å². The minimum absolute atomic E-state index is 0.00566. The third-order valence-corrected chi connectivity index (χ3v) is 3.53. The summed E-state index contributed by atoms with van der Waals surface area (Å²) in [6.45, 7) is 2.17. The van der Waals surface area contributed by atoms with Gasteiger partial charge in [0.1, 0.15) is 11.5 Å². The van der Waals surface area contributed by atoms with Crippen molar-refractivity contribution < 1.29 is 19.4 Å². The van der Waals surface area contributed by atoms with E-state index in [1.165, 1.54) is 18.2 Å². The Morgan fingerprint density at radius 3 is 2.83 bits per heavy atom. The standard InChI is InChI=1S/C14H12O4/c1-7-12-10(4-5-18-7)13(16)11-6-8(15)2-3-9(11)14(12)17/h2-3,6,10,15H,4-5H2,1H3. The second-order valence-corrected chi connectivity index (χ2v) is 4.58. The minimum Gasteiger partial charge on any atom is -0.508 e. The summed E-state index contributed by atoms with van der Waals surface area (Å²) in [6, 6.07) is 4.29. The maximum atomic E-state index is 12.3. The van der Waals surface area contributed by atoms with E-state index in [1.54, 1.807) is 6.92 Å². The lowest BCUT2D eigenvalue weighted by Crippen LogP contribution is -2.34. The van der Waals surface area contributed by atoms with E-state index in [-0.39, 0.29) is 17.3 Å². The Morgan fingerprint density at radius 2 is 2.06 bits per heavy atom. The molecule has 1 aliphatic heterocycles. The summed E-state index contributed by atoms with van der Waals surface area (Å²) in [6.07, 6.45) is 0.520. The van der Waals surface area contributed by atoms with Gasteiger partial charge in [0.2, 0.25) is 0 Å². The molecule has 4 nitrogen and oxygen atoms in total. The molecular weight excluding hydrogens is 232 g/mol. The number of aromatic hydroxyl groups is 1. The fraction of sp³-hybridized carbons (Fsp3) is 0.286. The van der Waals surface area contributed by atoms with Gasteiger partial charge in [0.15, 0.2) is 11.6 Å². The number of fused-ring (bicyclic) bond motifs is 2. The SMILES string of the molecule is CC1=C2C(=O)c3ccc(O)cc3C(=O)C2CCO1. The highest BCUT2D eigenvalue weighted by atomic mass is 16.5. The molecule has 2 aliphatic rings. The molecule has 0 aromatic heterocycles. The van der Waals surface area contributed by atoms with Crippen LogP contribution in [0, 0.1) is 5.92 Å². The van der Waals surface area contributed by atoms with Crippen LogP contribution in [0.2, 0.25) is 0 Å². The van der Waals surface area contributed by atoms with Gasteiger partial charge in [-0.1, -0.05) is 0 Å². The van der Waals surface area contributed by atoms with E-state index in [9.17, 15) is 14.7 Å². The molecule has 92 valence electrons. The van der Waals surface area contributed by atoms with Crippen LogP contribution in [-0.4, -0.2) is 23.3 Å². The molecule has 0 spiro atoms. The van der Waals surface area contributed by atoms with Crippen molar-refractivity contribution >= 4 is 11.6 Å². The Kier molecular flexibility index (Phi) is 2.26. The molecule has 1 aromatic carbocycles. The van der Waals surface area contributed by atoms with Crippen LogP contribution in [0.1, 0.15) is 34.1 Å². The quantitative estimate of drug-likeness (QED) is 0.759. The van der Waals surface area contributed by atoms with Crippen molar-refractivity contribution in [3.63, 3.8) is 0 Å². The van der Waals surface area contributed by atoms with Gasteiger partial charge in [-0.25, -0.2) is 0 Å². The van der Waals surface area contributed by atoms with Gasteiger partial charge in [-0.3, -0.25) is 9.59 Å². The first-order chi connectivity index (χ1) is 8.59. The van der Waals surface area contributed by atoms with Crippen LogP contribution >= 0.6 is 0 Å². The summed E-state index contributed by atoms with van der Waals surface area (Å²) in [5.74, 6) is -0.125. The summed E-state index contributed by atoms with van der Waals surface area (Å²) in [5.41, 5.74) is 1.15. The van der Waals surface area contributed by atoms with E-state index in [2.05, 4.69) is 0 Å². The van der Waals surface area contributed by atoms with Crippen molar-refractivity contribution in [3.05, 3.63) is 40.7 Å². The van der Waals surface area contributed by atoms with Crippen LogP contribution in [0.3, 0.4) is 0 Å². The molecule has 3 rings (SSSR count). The fourth-order valence-electron chi connectivity index (χ4n) is 2.64. The number of allylic oxidation sites excluding steroid dienone is 2. The van der Waals surface area contributed by atoms with Crippen molar-refractivity contribution in [2.75, 3.05) is 6.61 Å². The number of hydrogen-bond donors (Lipinski definition) is 1. The number of rotatable bonds is 0. The highest BCUT2D eigenvalue weighted by Crippen LogP contribution is 2.37. The zero-order chi connectivity index (χ0) is 12.9. The second kappa shape index (κ2) is 3.70. The highest BCUT2D eigenvalue weighted by molar-refractivity contribution is 6.23. The molecule has 0 fully saturated rings. The lowest BCUT2D eigenvalue weighted by Gasteiger charge is -2.30. The molecule has 0 saturated heterocycles. The van der Waals surface area contributed by atoms with E-state index < -0.39 is 5.92 Å². The van der Waals surface area contributed by atoms with Crippen molar-refractivity contribution in [1.29, 1.82) is 0 Å². The lowest BCUT2D eigenvalue weighted by molar-refractivity contribution is 0.0798. The molecule has 18 heavy (non-hydrogen) atoms. The number of hydrogen-bond acceptors (Lipinski definition) is 4. The predicted molar refractivity (Wildman–Crippen MR) is 63.5 cm³/mol. The van der Waals surface area contributed by atoms with Crippen LogP contribution < -0.4 is 0 Å². The molecule has 0 saturated carbocycles. The summed E-state index contributed by atoms with van der Waals surface area (Å²) in [4.78, 5) is 24.7. The first kappa shape index (κ1) is 11.0. The van der Waals surface area contributed by atoms with E-state index in [0.717, 1.165) is 0 Å². The number of carbonyl (C=O) groups is 2. The van der Waals surface area contributed by atoms with Crippen molar-refractivity contribution in [1.82, 2.24) is 0 Å². The molecule has 1 heterocycles. The lowest BCUT2D eigenvalue weighted by atomic mass is 9.75. The Bertz CT molecular complexity index is 598. The number of benzene rings is 1. The Hall–Kier alpha value is -2.10. The first-order valence-corrected chi connectivity index (χ1v) is 5.85. The molecule has 4 heteroatoms. The zero-order valence-corrected chi connectivity index (χ0v) is 9.90. The Labute approximate surface area is 104 Å². The number of phenolic OH excluding ortho intramolecular Hbond substituents is 1. The molecule has 1 atom stereocenters. The van der Waals surface area contributed by atoms with Crippen molar-refractivity contribution in [3.8, 4) is 5.75 Å². The summed E-state index contributed by atoms with van der Waals surface area (Å²) < 4.78 is 5.36. The molecule has 0 bridgehead atoms. The van der Waals surface area contributed by atoms with Gasteiger partial charge >= 0.3 is 0 Å². The molecule has 1 aliphatic carbocycles. The topological polar surface area (TPSA) is 63.6 Å². The van der Waals surface area contributed by atoms with E-state index in [0.29, 0.717) is 35.5 Å². The molecule has 1 aromatic rings. The smallest absolute Gasteiger partial charge is 0.193 e. The maximum absolute atomic E-state index is 12.3. The largest absolute Gasteiger partial charge is 0.508 e. The molecule has 0 radical (unpaired) electrons. The minimum atomic E-state index is -0.416. The highest BCUT2D eigenvalue weighted by Gasteiger charge is 2.40. The zero-order valence-electron chi connectivity index (χ0n) is 9.90. The molecule has 1 N–H and O–H groups in total. The van der Waals surface area contributed by atoms with Gasteiger partial charge in [0.25, 0.3) is 0 Å². The second-order valence-electron chi connectivity index (χ2n) is 4.58.